The van der Waals surface area contributed by atoms with E-state index in [1.54, 1.807) is 25.3 Å². The SMILES string of the molecule is COc1ccc([C@H](CC(C)C)NC(=O)c2ccc3c(c2)OCCO3)cc1. The molecular weight excluding hydrogens is 330 g/mol. The number of methoxy groups -OCH3 is 1. The van der Waals surface area contributed by atoms with Crippen LogP contribution in [0.25, 0.3) is 0 Å². The van der Waals surface area contributed by atoms with Gasteiger partial charge in [0.1, 0.15) is 19.0 Å². The lowest BCUT2D eigenvalue weighted by atomic mass is 9.96. The third-order valence-electron chi connectivity index (χ3n) is 4.33. The molecule has 2 aromatic carbocycles. The first-order valence-electron chi connectivity index (χ1n) is 8.91. The van der Waals surface area contributed by atoms with E-state index in [1.807, 2.05) is 24.3 Å². The molecule has 1 amide bonds. The van der Waals surface area contributed by atoms with Gasteiger partial charge in [0, 0.05) is 5.56 Å². The Kier molecular flexibility index (Phi) is 5.66. The van der Waals surface area contributed by atoms with Gasteiger partial charge >= 0.3 is 0 Å². The second-order valence-electron chi connectivity index (χ2n) is 6.79. The lowest BCUT2D eigenvalue weighted by molar-refractivity contribution is 0.0930. The summed E-state index contributed by atoms with van der Waals surface area (Å²) in [5, 5.41) is 3.15. The van der Waals surface area contributed by atoms with Crippen LogP contribution in [0.15, 0.2) is 42.5 Å². The van der Waals surface area contributed by atoms with Gasteiger partial charge in [-0.15, -0.1) is 0 Å². The van der Waals surface area contributed by atoms with E-state index in [1.165, 1.54) is 0 Å². The molecule has 0 bridgehead atoms. The van der Waals surface area contributed by atoms with Crippen LogP contribution in [0.4, 0.5) is 0 Å². The number of ether oxygens (including phenoxy) is 3. The number of hydrogen-bond acceptors (Lipinski definition) is 4. The predicted molar refractivity (Wildman–Crippen MR) is 100 cm³/mol. The minimum absolute atomic E-state index is 0.0680. The summed E-state index contributed by atoms with van der Waals surface area (Å²) in [6.07, 6.45) is 0.850. The van der Waals surface area contributed by atoms with Crippen LogP contribution in [0, 0.1) is 5.92 Å². The molecule has 0 fully saturated rings. The third kappa shape index (κ3) is 4.28. The van der Waals surface area contributed by atoms with Gasteiger partial charge in [-0.05, 0) is 48.2 Å². The molecule has 3 rings (SSSR count). The fourth-order valence-corrected chi connectivity index (χ4v) is 3.01. The topological polar surface area (TPSA) is 56.8 Å². The molecule has 0 unspecified atom stereocenters. The second kappa shape index (κ2) is 8.13. The molecule has 5 nitrogen and oxygen atoms in total. The summed E-state index contributed by atoms with van der Waals surface area (Å²) in [6.45, 7) is 5.33. The Bertz CT molecular complexity index is 755. The van der Waals surface area contributed by atoms with Crippen LogP contribution in [-0.2, 0) is 0 Å². The second-order valence-corrected chi connectivity index (χ2v) is 6.79. The summed E-state index contributed by atoms with van der Waals surface area (Å²) in [5.74, 6) is 2.43. The van der Waals surface area contributed by atoms with Gasteiger partial charge < -0.3 is 19.5 Å². The summed E-state index contributed by atoms with van der Waals surface area (Å²) in [4.78, 5) is 12.8. The Morgan fingerprint density at radius 2 is 1.77 bits per heavy atom. The van der Waals surface area contributed by atoms with Crippen LogP contribution >= 0.6 is 0 Å². The van der Waals surface area contributed by atoms with E-state index in [4.69, 9.17) is 14.2 Å². The first-order chi connectivity index (χ1) is 12.6. The molecular formula is C21H25NO4. The predicted octanol–water partition coefficient (Wildman–Crippen LogP) is 3.98. The van der Waals surface area contributed by atoms with Crippen LogP contribution in [-0.4, -0.2) is 26.2 Å². The molecule has 0 aromatic heterocycles. The van der Waals surface area contributed by atoms with E-state index in [0.29, 0.717) is 36.2 Å². The van der Waals surface area contributed by atoms with Crippen LogP contribution in [0.5, 0.6) is 17.2 Å². The number of rotatable bonds is 6. The first kappa shape index (κ1) is 18.1. The highest BCUT2D eigenvalue weighted by atomic mass is 16.6. The lowest BCUT2D eigenvalue weighted by Gasteiger charge is -2.22. The minimum Gasteiger partial charge on any atom is -0.497 e. The number of fused-ring (bicyclic) bond motifs is 1. The number of amides is 1. The molecule has 0 spiro atoms. The van der Waals surface area contributed by atoms with Gasteiger partial charge in [0.05, 0.1) is 13.2 Å². The summed E-state index contributed by atoms with van der Waals surface area (Å²) in [7, 11) is 1.64. The van der Waals surface area contributed by atoms with E-state index >= 15 is 0 Å². The van der Waals surface area contributed by atoms with Crippen molar-refractivity contribution in [3.8, 4) is 17.2 Å². The Morgan fingerprint density at radius 1 is 1.08 bits per heavy atom. The molecule has 26 heavy (non-hydrogen) atoms. The van der Waals surface area contributed by atoms with E-state index < -0.39 is 0 Å². The van der Waals surface area contributed by atoms with Gasteiger partial charge in [0.15, 0.2) is 11.5 Å². The Hall–Kier alpha value is -2.69. The molecule has 5 heteroatoms. The third-order valence-corrected chi connectivity index (χ3v) is 4.33. The molecule has 2 aromatic rings. The van der Waals surface area contributed by atoms with Crippen molar-refractivity contribution in [2.75, 3.05) is 20.3 Å². The maximum atomic E-state index is 12.8. The largest absolute Gasteiger partial charge is 0.497 e. The number of hydrogen-bond donors (Lipinski definition) is 1. The fourth-order valence-electron chi connectivity index (χ4n) is 3.01. The van der Waals surface area contributed by atoms with Crippen molar-refractivity contribution < 1.29 is 19.0 Å². The Labute approximate surface area is 154 Å². The van der Waals surface area contributed by atoms with Crippen molar-refractivity contribution in [3.05, 3.63) is 53.6 Å². The van der Waals surface area contributed by atoms with Gasteiger partial charge in [-0.1, -0.05) is 26.0 Å². The molecule has 0 saturated heterocycles. The molecule has 1 atom stereocenters. The first-order valence-corrected chi connectivity index (χ1v) is 8.91. The average molecular weight is 355 g/mol. The van der Waals surface area contributed by atoms with Crippen molar-refractivity contribution in [1.82, 2.24) is 5.32 Å². The molecule has 1 aliphatic rings. The van der Waals surface area contributed by atoms with Crippen molar-refractivity contribution in [2.24, 2.45) is 5.92 Å². The highest BCUT2D eigenvalue weighted by molar-refractivity contribution is 5.95. The van der Waals surface area contributed by atoms with Gasteiger partial charge in [-0.25, -0.2) is 0 Å². The van der Waals surface area contributed by atoms with Gasteiger partial charge in [-0.2, -0.15) is 0 Å². The number of nitrogens with one attached hydrogen (secondary N) is 1. The number of carbonyl (C=O) groups is 1. The van der Waals surface area contributed by atoms with Crippen molar-refractivity contribution in [2.45, 2.75) is 26.3 Å². The monoisotopic (exact) mass is 355 g/mol. The standard InChI is InChI=1S/C21H25NO4/c1-14(2)12-18(15-4-7-17(24-3)8-5-15)22-21(23)16-6-9-19-20(13-16)26-11-10-25-19/h4-9,13-14,18H,10-12H2,1-3H3,(H,22,23)/t18-/m0/s1. The quantitative estimate of drug-likeness (QED) is 0.851. The lowest BCUT2D eigenvalue weighted by Crippen LogP contribution is -2.29. The molecule has 1 heterocycles. The Morgan fingerprint density at radius 3 is 2.42 bits per heavy atom. The molecule has 1 aliphatic heterocycles. The summed E-state index contributed by atoms with van der Waals surface area (Å²) >= 11 is 0. The van der Waals surface area contributed by atoms with Crippen LogP contribution in [0.3, 0.4) is 0 Å². The highest BCUT2D eigenvalue weighted by Crippen LogP contribution is 2.31. The summed E-state index contributed by atoms with van der Waals surface area (Å²) < 4.78 is 16.3. The Balaban J connectivity index is 1.78. The van der Waals surface area contributed by atoms with E-state index in [0.717, 1.165) is 17.7 Å². The van der Waals surface area contributed by atoms with Gasteiger partial charge in [-0.3, -0.25) is 4.79 Å². The molecule has 0 radical (unpaired) electrons. The maximum Gasteiger partial charge on any atom is 0.251 e. The normalized spacial score (nSPS) is 14.0. The zero-order valence-corrected chi connectivity index (χ0v) is 15.5. The van der Waals surface area contributed by atoms with E-state index in [2.05, 4.69) is 19.2 Å². The highest BCUT2D eigenvalue weighted by Gasteiger charge is 2.19. The molecule has 138 valence electrons. The molecule has 1 N–H and O–H groups in total. The van der Waals surface area contributed by atoms with E-state index in [-0.39, 0.29) is 11.9 Å². The smallest absolute Gasteiger partial charge is 0.251 e. The number of carbonyl (C=O) groups excluding carboxylic acids is 1. The summed E-state index contributed by atoms with van der Waals surface area (Å²) in [5.41, 5.74) is 1.63. The van der Waals surface area contributed by atoms with Crippen molar-refractivity contribution >= 4 is 5.91 Å². The van der Waals surface area contributed by atoms with Crippen molar-refractivity contribution in [1.29, 1.82) is 0 Å². The van der Waals surface area contributed by atoms with Crippen LogP contribution < -0.4 is 19.5 Å². The van der Waals surface area contributed by atoms with Crippen LogP contribution in [0.1, 0.15) is 42.2 Å². The summed E-state index contributed by atoms with van der Waals surface area (Å²) in [6, 6.07) is 13.0. The molecule has 0 saturated carbocycles. The van der Waals surface area contributed by atoms with E-state index in [9.17, 15) is 4.79 Å². The average Bonchev–Trinajstić information content (AvgIpc) is 2.66. The van der Waals surface area contributed by atoms with Gasteiger partial charge in [0.25, 0.3) is 5.91 Å². The number of benzene rings is 2. The maximum absolute atomic E-state index is 12.8. The van der Waals surface area contributed by atoms with Gasteiger partial charge in [0.2, 0.25) is 0 Å². The molecule has 0 aliphatic carbocycles. The fraction of sp³-hybridized carbons (Fsp3) is 0.381. The van der Waals surface area contributed by atoms with Crippen molar-refractivity contribution in [3.63, 3.8) is 0 Å². The van der Waals surface area contributed by atoms with Crippen LogP contribution in [0.2, 0.25) is 0 Å². The zero-order valence-electron chi connectivity index (χ0n) is 15.5. The zero-order chi connectivity index (χ0) is 18.5. The minimum atomic E-state index is -0.122.